The third kappa shape index (κ3) is 5.05. The van der Waals surface area contributed by atoms with E-state index < -0.39 is 29.6 Å². The van der Waals surface area contributed by atoms with Gasteiger partial charge in [0.25, 0.3) is 0 Å². The Balaban J connectivity index is 1.26. The van der Waals surface area contributed by atoms with Gasteiger partial charge in [-0.3, -0.25) is 14.4 Å². The van der Waals surface area contributed by atoms with Gasteiger partial charge < -0.3 is 29.9 Å². The molecule has 8 atom stereocenters. The lowest BCUT2D eigenvalue weighted by molar-refractivity contribution is -0.142. The largest absolute Gasteiger partial charge is 0.497 e. The van der Waals surface area contributed by atoms with Crippen molar-refractivity contribution in [3.63, 3.8) is 0 Å². The lowest BCUT2D eigenvalue weighted by atomic mass is 9.73. The lowest BCUT2D eigenvalue weighted by Crippen LogP contribution is -2.58. The van der Waals surface area contributed by atoms with E-state index in [1.807, 2.05) is 12.2 Å². The van der Waals surface area contributed by atoms with Crippen LogP contribution in [-0.2, 0) is 19.1 Å². The zero-order valence-corrected chi connectivity index (χ0v) is 24.5. The second kappa shape index (κ2) is 11.4. The fraction of sp³-hybridized carbons (Fsp3) is 0.656. The number of methoxy groups -OCH3 is 1. The van der Waals surface area contributed by atoms with Crippen molar-refractivity contribution in [3.05, 3.63) is 36.4 Å². The molecule has 4 heterocycles. The van der Waals surface area contributed by atoms with Crippen LogP contribution in [0.2, 0.25) is 0 Å². The highest BCUT2D eigenvalue weighted by molar-refractivity contribution is 6.02. The van der Waals surface area contributed by atoms with Crippen LogP contribution in [-0.4, -0.2) is 84.6 Å². The molecule has 41 heavy (non-hydrogen) atoms. The molecular weight excluding hydrogens is 520 g/mol. The lowest BCUT2D eigenvalue weighted by Gasteiger charge is -2.38. The van der Waals surface area contributed by atoms with Crippen LogP contribution >= 0.6 is 0 Å². The summed E-state index contributed by atoms with van der Waals surface area (Å²) in [6.07, 6.45) is 9.97. The molecule has 2 bridgehead atoms. The van der Waals surface area contributed by atoms with Crippen LogP contribution in [0.1, 0.15) is 52.4 Å². The first-order valence-corrected chi connectivity index (χ1v) is 15.5. The third-order valence-electron chi connectivity index (χ3n) is 10.4. The number of nitrogens with one attached hydrogen (secondary N) is 2. The fourth-order valence-corrected chi connectivity index (χ4v) is 7.89. The highest BCUT2D eigenvalue weighted by Gasteiger charge is 2.72. The number of likely N-dealkylation sites (tertiary alicyclic amines) is 2. The molecule has 9 heteroatoms. The van der Waals surface area contributed by atoms with Gasteiger partial charge in [0.2, 0.25) is 17.7 Å². The molecule has 222 valence electrons. The number of rotatable bonds is 8. The molecule has 1 saturated carbocycles. The summed E-state index contributed by atoms with van der Waals surface area (Å²) in [5, 5.41) is 6.32. The molecule has 4 fully saturated rings. The summed E-state index contributed by atoms with van der Waals surface area (Å²) in [5.41, 5.74) is -0.516. The van der Waals surface area contributed by atoms with Gasteiger partial charge in [-0.15, -0.1) is 0 Å². The zero-order chi connectivity index (χ0) is 28.7. The molecule has 1 spiro atoms. The summed E-state index contributed by atoms with van der Waals surface area (Å²) in [6, 6.07) is 6.39. The van der Waals surface area contributed by atoms with Crippen molar-refractivity contribution in [1.82, 2.24) is 15.1 Å². The predicted molar refractivity (Wildman–Crippen MR) is 155 cm³/mol. The van der Waals surface area contributed by atoms with Crippen molar-refractivity contribution in [2.45, 2.75) is 76.2 Å². The van der Waals surface area contributed by atoms with Gasteiger partial charge in [-0.05, 0) is 68.5 Å². The summed E-state index contributed by atoms with van der Waals surface area (Å²) >= 11 is 0. The number of hydrogen-bond acceptors (Lipinski definition) is 6. The van der Waals surface area contributed by atoms with Gasteiger partial charge >= 0.3 is 0 Å². The maximum Gasteiger partial charge on any atom is 0.246 e. The number of hydrogen-bond donors (Lipinski definition) is 2. The van der Waals surface area contributed by atoms with Crippen LogP contribution in [0.5, 0.6) is 5.75 Å². The van der Waals surface area contributed by atoms with Gasteiger partial charge in [-0.25, -0.2) is 0 Å². The van der Waals surface area contributed by atoms with E-state index in [2.05, 4.69) is 29.4 Å². The molecule has 3 saturated heterocycles. The van der Waals surface area contributed by atoms with Crippen molar-refractivity contribution in [1.29, 1.82) is 0 Å². The number of ether oxygens (including phenoxy) is 2. The van der Waals surface area contributed by atoms with E-state index in [1.165, 1.54) is 12.8 Å². The summed E-state index contributed by atoms with van der Waals surface area (Å²) in [4.78, 5) is 46.2. The smallest absolute Gasteiger partial charge is 0.246 e. The first kappa shape index (κ1) is 28.2. The highest BCUT2D eigenvalue weighted by Crippen LogP contribution is 2.55. The van der Waals surface area contributed by atoms with Gasteiger partial charge in [-0.1, -0.05) is 45.3 Å². The molecule has 5 aliphatic rings. The number of fused-ring (bicyclic) bond motifs is 1. The Bertz CT molecular complexity index is 1180. The van der Waals surface area contributed by atoms with Crippen LogP contribution < -0.4 is 15.4 Å². The number of amides is 3. The molecule has 3 amide bonds. The topological polar surface area (TPSA) is 100 Å². The maximum atomic E-state index is 14.2. The second-order valence-corrected chi connectivity index (χ2v) is 12.7. The highest BCUT2D eigenvalue weighted by atomic mass is 16.5. The van der Waals surface area contributed by atoms with E-state index in [4.69, 9.17) is 9.47 Å². The number of nitrogens with zero attached hydrogens (tertiary/aromatic N) is 2. The number of carbonyl (C=O) groups excluding carboxylic acids is 3. The van der Waals surface area contributed by atoms with Crippen molar-refractivity contribution >= 4 is 23.4 Å². The molecule has 0 radical (unpaired) electrons. The molecule has 6 rings (SSSR count). The molecular formula is C32H44N4O5. The van der Waals surface area contributed by atoms with Crippen LogP contribution in [0.25, 0.3) is 0 Å². The van der Waals surface area contributed by atoms with Crippen LogP contribution in [0, 0.1) is 23.7 Å². The Morgan fingerprint density at radius 1 is 1.02 bits per heavy atom. The Hall–Kier alpha value is -2.91. The van der Waals surface area contributed by atoms with Crippen molar-refractivity contribution in [3.8, 4) is 5.75 Å². The van der Waals surface area contributed by atoms with Gasteiger partial charge in [0.05, 0.1) is 25.0 Å². The average molecular weight is 565 g/mol. The van der Waals surface area contributed by atoms with Crippen LogP contribution in [0.15, 0.2) is 36.4 Å². The number of piperidine rings is 1. The fourth-order valence-electron chi connectivity index (χ4n) is 7.89. The van der Waals surface area contributed by atoms with Gasteiger partial charge in [0.1, 0.15) is 17.4 Å². The quantitative estimate of drug-likeness (QED) is 0.471. The SMILES string of the molecule is COc1ccc(NC(=O)[C@@H]2[C@@H]3C=C[C@]4(O3)[C@@H]2C(=O)N(CCN2CCCCC2)[C@H]4C(=O)N[C@@H]2CCC[C@H](C)[C@H]2C)cc1. The summed E-state index contributed by atoms with van der Waals surface area (Å²) in [5.74, 6) is -0.449. The number of benzene rings is 1. The minimum atomic E-state index is -1.14. The Kier molecular flexibility index (Phi) is 7.85. The van der Waals surface area contributed by atoms with E-state index in [1.54, 1.807) is 36.3 Å². The summed E-state index contributed by atoms with van der Waals surface area (Å²) < 4.78 is 11.8. The normalized spacial score (nSPS) is 36.3. The van der Waals surface area contributed by atoms with Crippen LogP contribution in [0.3, 0.4) is 0 Å². The van der Waals surface area contributed by atoms with E-state index in [-0.39, 0.29) is 23.8 Å². The van der Waals surface area contributed by atoms with E-state index in [0.717, 1.165) is 38.8 Å². The monoisotopic (exact) mass is 564 g/mol. The minimum Gasteiger partial charge on any atom is -0.497 e. The van der Waals surface area contributed by atoms with Crippen molar-refractivity contribution in [2.75, 3.05) is 38.6 Å². The van der Waals surface area contributed by atoms with Crippen LogP contribution in [0.4, 0.5) is 5.69 Å². The molecule has 9 nitrogen and oxygen atoms in total. The van der Waals surface area contributed by atoms with Gasteiger partial charge in [0, 0.05) is 24.8 Å². The van der Waals surface area contributed by atoms with E-state index >= 15 is 0 Å². The first-order valence-electron chi connectivity index (χ1n) is 15.5. The molecule has 0 unspecified atom stereocenters. The van der Waals surface area contributed by atoms with Gasteiger partial charge in [0.15, 0.2) is 0 Å². The Morgan fingerprint density at radius 2 is 1.78 bits per heavy atom. The molecule has 1 aliphatic carbocycles. The van der Waals surface area contributed by atoms with Gasteiger partial charge in [-0.2, -0.15) is 0 Å². The molecule has 0 aromatic heterocycles. The van der Waals surface area contributed by atoms with Crippen molar-refractivity contribution in [2.24, 2.45) is 23.7 Å². The molecule has 2 N–H and O–H groups in total. The predicted octanol–water partition coefficient (Wildman–Crippen LogP) is 3.21. The maximum absolute atomic E-state index is 14.2. The molecule has 4 aliphatic heterocycles. The van der Waals surface area contributed by atoms with E-state index in [0.29, 0.717) is 36.4 Å². The summed E-state index contributed by atoms with van der Waals surface area (Å²) in [7, 11) is 1.59. The Morgan fingerprint density at radius 3 is 2.51 bits per heavy atom. The standard InChI is InChI=1S/C32H44N4O5/c1-20-8-7-9-24(21(20)2)34-30(38)28-32-15-14-25(41-32)26(29(37)33-22-10-12-23(40-3)13-11-22)27(32)31(39)36(28)19-18-35-16-5-4-6-17-35/h10-15,20-21,24-28H,4-9,16-19H2,1-3H3,(H,33,37)(H,34,38)/t20-,21+,24+,25-,26+,27-,28-,32-/m0/s1. The third-order valence-corrected chi connectivity index (χ3v) is 10.4. The molecule has 1 aromatic carbocycles. The first-order chi connectivity index (χ1) is 19.8. The minimum absolute atomic E-state index is 0.0671. The Labute approximate surface area is 243 Å². The van der Waals surface area contributed by atoms with Crippen molar-refractivity contribution < 1.29 is 23.9 Å². The number of anilines is 1. The zero-order valence-electron chi connectivity index (χ0n) is 24.5. The second-order valence-electron chi connectivity index (χ2n) is 12.7. The summed E-state index contributed by atoms with van der Waals surface area (Å²) in [6.45, 7) is 7.64. The molecule has 1 aromatic rings. The average Bonchev–Trinajstić information content (AvgIpc) is 3.62. The van der Waals surface area contributed by atoms with E-state index in [9.17, 15) is 14.4 Å². The number of carbonyl (C=O) groups is 3.